The van der Waals surface area contributed by atoms with Crippen LogP contribution in [0, 0.1) is 0 Å². The first-order valence-electron chi connectivity index (χ1n) is 6.75. The molecule has 1 aromatic rings. The highest BCUT2D eigenvalue weighted by Crippen LogP contribution is 2.33. The fourth-order valence-electron chi connectivity index (χ4n) is 2.05. The van der Waals surface area contributed by atoms with Gasteiger partial charge in [-0.1, -0.05) is 12.1 Å². The van der Waals surface area contributed by atoms with Crippen molar-refractivity contribution in [2.24, 2.45) is 5.73 Å². The maximum atomic E-state index is 12.1. The van der Waals surface area contributed by atoms with E-state index in [2.05, 4.69) is 0 Å². The van der Waals surface area contributed by atoms with Gasteiger partial charge in [0, 0.05) is 10.1 Å². The summed E-state index contributed by atoms with van der Waals surface area (Å²) >= 11 is 1.35. The predicted molar refractivity (Wildman–Crippen MR) is 83.4 cm³/mol. The Morgan fingerprint density at radius 1 is 1.36 bits per heavy atom. The lowest BCUT2D eigenvalue weighted by atomic mass is 10.2. The predicted octanol–water partition coefficient (Wildman–Crippen LogP) is 0.996. The van der Waals surface area contributed by atoms with Crippen LogP contribution in [-0.4, -0.2) is 43.2 Å². The smallest absolute Gasteiger partial charge is 0.340 e. The lowest BCUT2D eigenvalue weighted by Crippen LogP contribution is -2.30. The van der Waals surface area contributed by atoms with Crippen LogP contribution in [0.2, 0.25) is 0 Å². The minimum Gasteiger partial charge on any atom is -0.449 e. The maximum Gasteiger partial charge on any atom is 0.340 e. The quantitative estimate of drug-likeness (QED) is 0.800. The number of carbonyl (C=O) groups excluding carboxylic acids is 2. The molecule has 120 valence electrons. The van der Waals surface area contributed by atoms with E-state index in [-0.39, 0.29) is 16.8 Å². The zero-order chi connectivity index (χ0) is 16.3. The topological polar surface area (TPSA) is 104 Å². The number of benzene rings is 1. The monoisotopic (exact) mass is 343 g/mol. The van der Waals surface area contributed by atoms with Crippen molar-refractivity contribution in [2.45, 2.75) is 29.6 Å². The van der Waals surface area contributed by atoms with E-state index >= 15 is 0 Å². The second-order valence-corrected chi connectivity index (χ2v) is 8.66. The van der Waals surface area contributed by atoms with Crippen molar-refractivity contribution in [3.63, 3.8) is 0 Å². The van der Waals surface area contributed by atoms with Crippen LogP contribution < -0.4 is 5.73 Å². The molecule has 0 radical (unpaired) electrons. The summed E-state index contributed by atoms with van der Waals surface area (Å²) in [4.78, 5) is 23.7. The summed E-state index contributed by atoms with van der Waals surface area (Å²) in [6.45, 7) is 1.40. The lowest BCUT2D eigenvalue weighted by Gasteiger charge is -2.14. The van der Waals surface area contributed by atoms with Gasteiger partial charge in [0.15, 0.2) is 15.9 Å². The molecule has 1 aromatic carbocycles. The van der Waals surface area contributed by atoms with Crippen LogP contribution in [0.15, 0.2) is 29.2 Å². The fourth-order valence-corrected chi connectivity index (χ4v) is 5.67. The summed E-state index contributed by atoms with van der Waals surface area (Å²) in [7, 11) is -2.98. The highest BCUT2D eigenvalue weighted by atomic mass is 32.2. The lowest BCUT2D eigenvalue weighted by molar-refractivity contribution is -0.125. The Labute approximate surface area is 133 Å². The number of primary amides is 1. The number of rotatable bonds is 5. The van der Waals surface area contributed by atoms with Gasteiger partial charge in [-0.05, 0) is 25.5 Å². The van der Waals surface area contributed by atoms with Crippen LogP contribution in [0.5, 0.6) is 0 Å². The van der Waals surface area contributed by atoms with Gasteiger partial charge in [0.05, 0.1) is 17.1 Å². The molecule has 1 aliphatic rings. The fraction of sp³-hybridized carbons (Fsp3) is 0.429. The molecule has 0 aromatic heterocycles. The van der Waals surface area contributed by atoms with Gasteiger partial charge < -0.3 is 10.5 Å². The Hall–Kier alpha value is -1.54. The Morgan fingerprint density at radius 2 is 2.05 bits per heavy atom. The summed E-state index contributed by atoms with van der Waals surface area (Å²) in [5, 5.41) is -0.0764. The molecule has 0 spiro atoms. The van der Waals surface area contributed by atoms with Crippen molar-refractivity contribution >= 4 is 33.5 Å². The Bertz CT molecular complexity index is 686. The highest BCUT2D eigenvalue weighted by molar-refractivity contribution is 8.02. The number of sulfone groups is 1. The van der Waals surface area contributed by atoms with Gasteiger partial charge in [-0.15, -0.1) is 11.8 Å². The number of ether oxygens (including phenoxy) is 1. The third kappa shape index (κ3) is 4.23. The molecule has 2 atom stereocenters. The molecule has 6 nitrogen and oxygen atoms in total. The Kier molecular flexibility index (Phi) is 5.12. The van der Waals surface area contributed by atoms with Gasteiger partial charge in [-0.2, -0.15) is 0 Å². The first kappa shape index (κ1) is 16.8. The summed E-state index contributed by atoms with van der Waals surface area (Å²) < 4.78 is 28.0. The molecule has 1 heterocycles. The third-order valence-corrected chi connectivity index (χ3v) is 6.60. The second kappa shape index (κ2) is 6.70. The molecule has 1 saturated heterocycles. The molecule has 0 saturated carbocycles. The van der Waals surface area contributed by atoms with E-state index in [1.165, 1.54) is 18.7 Å². The zero-order valence-electron chi connectivity index (χ0n) is 12.0. The van der Waals surface area contributed by atoms with Crippen molar-refractivity contribution in [1.29, 1.82) is 0 Å². The molecule has 1 fully saturated rings. The van der Waals surface area contributed by atoms with Gasteiger partial charge >= 0.3 is 5.97 Å². The average Bonchev–Trinajstić information content (AvgIpc) is 2.78. The average molecular weight is 343 g/mol. The molecule has 1 amide bonds. The van der Waals surface area contributed by atoms with Crippen molar-refractivity contribution < 1.29 is 22.7 Å². The minimum absolute atomic E-state index is 0.0764. The van der Waals surface area contributed by atoms with Gasteiger partial charge in [-0.25, -0.2) is 13.2 Å². The summed E-state index contributed by atoms with van der Waals surface area (Å²) in [5.74, 6) is -1.08. The van der Waals surface area contributed by atoms with Gasteiger partial charge in [0.25, 0.3) is 5.91 Å². The molecule has 2 rings (SSSR count). The summed E-state index contributed by atoms with van der Waals surface area (Å²) in [5.41, 5.74) is 5.38. The standard InChI is InChI=1S/C14H17NO5S2/c1-9(13(15)16)20-14(17)11-4-2-3-5-12(11)21-10-6-7-22(18,19)8-10/h2-5,9-10H,6-8H2,1H3,(H2,15,16)/t9-,10-/m1/s1. The van der Waals surface area contributed by atoms with E-state index < -0.39 is 27.8 Å². The van der Waals surface area contributed by atoms with Crippen LogP contribution in [0.4, 0.5) is 0 Å². The van der Waals surface area contributed by atoms with E-state index in [1.807, 2.05) is 0 Å². The molecule has 1 aliphatic heterocycles. The van der Waals surface area contributed by atoms with E-state index in [9.17, 15) is 18.0 Å². The molecule has 8 heteroatoms. The van der Waals surface area contributed by atoms with Gasteiger partial charge in [0.1, 0.15) is 0 Å². The van der Waals surface area contributed by atoms with Crippen LogP contribution in [0.3, 0.4) is 0 Å². The SMILES string of the molecule is C[C@@H](OC(=O)c1ccccc1S[C@@H]1CCS(=O)(=O)C1)C(N)=O. The van der Waals surface area contributed by atoms with Crippen molar-refractivity contribution in [3.05, 3.63) is 29.8 Å². The minimum atomic E-state index is -2.98. The summed E-state index contributed by atoms with van der Waals surface area (Å²) in [6.07, 6.45) is -0.453. The van der Waals surface area contributed by atoms with Crippen molar-refractivity contribution in [3.8, 4) is 0 Å². The molecule has 2 N–H and O–H groups in total. The van der Waals surface area contributed by atoms with Crippen molar-refractivity contribution in [1.82, 2.24) is 0 Å². The number of nitrogens with two attached hydrogens (primary N) is 1. The molecular formula is C14H17NO5S2. The maximum absolute atomic E-state index is 12.1. The van der Waals surface area contributed by atoms with E-state index in [1.54, 1.807) is 24.3 Å². The number of carbonyl (C=O) groups is 2. The largest absolute Gasteiger partial charge is 0.449 e. The van der Waals surface area contributed by atoms with E-state index in [4.69, 9.17) is 10.5 Å². The zero-order valence-corrected chi connectivity index (χ0v) is 13.7. The first-order chi connectivity index (χ1) is 10.3. The first-order valence-corrected chi connectivity index (χ1v) is 9.45. The van der Waals surface area contributed by atoms with E-state index in [0.29, 0.717) is 16.9 Å². The van der Waals surface area contributed by atoms with Gasteiger partial charge in [0.2, 0.25) is 0 Å². The number of amides is 1. The number of hydrogen-bond donors (Lipinski definition) is 1. The molecule has 0 aliphatic carbocycles. The third-order valence-electron chi connectivity index (χ3n) is 3.28. The molecular weight excluding hydrogens is 326 g/mol. The van der Waals surface area contributed by atoms with Crippen LogP contribution in [0.1, 0.15) is 23.7 Å². The van der Waals surface area contributed by atoms with Crippen molar-refractivity contribution in [2.75, 3.05) is 11.5 Å². The van der Waals surface area contributed by atoms with Crippen LogP contribution in [-0.2, 0) is 19.4 Å². The number of esters is 1. The Morgan fingerprint density at radius 3 is 2.64 bits per heavy atom. The number of hydrogen-bond acceptors (Lipinski definition) is 6. The normalized spacial score (nSPS) is 21.2. The highest BCUT2D eigenvalue weighted by Gasteiger charge is 2.30. The number of thioether (sulfide) groups is 1. The van der Waals surface area contributed by atoms with Crippen LogP contribution in [0.25, 0.3) is 0 Å². The van der Waals surface area contributed by atoms with Gasteiger partial charge in [-0.3, -0.25) is 4.79 Å². The summed E-state index contributed by atoms with van der Waals surface area (Å²) in [6, 6.07) is 6.77. The molecule has 22 heavy (non-hydrogen) atoms. The molecule has 0 unspecified atom stereocenters. The van der Waals surface area contributed by atoms with Crippen LogP contribution >= 0.6 is 11.8 Å². The Balaban J connectivity index is 2.13. The second-order valence-electron chi connectivity index (χ2n) is 5.09. The molecule has 0 bridgehead atoms. The van der Waals surface area contributed by atoms with E-state index in [0.717, 1.165) is 0 Å².